The van der Waals surface area contributed by atoms with Crippen molar-refractivity contribution in [2.24, 2.45) is 5.92 Å². The van der Waals surface area contributed by atoms with Crippen LogP contribution in [-0.4, -0.2) is 13.1 Å². The van der Waals surface area contributed by atoms with Gasteiger partial charge in [-0.15, -0.1) is 0 Å². The van der Waals surface area contributed by atoms with E-state index in [9.17, 15) is 0 Å². The molecule has 8 heavy (non-hydrogen) atoms. The summed E-state index contributed by atoms with van der Waals surface area (Å²) < 4.78 is 0. The second-order valence-electron chi connectivity index (χ2n) is 2.52. The monoisotopic (exact) mass is 112 g/mol. The van der Waals surface area contributed by atoms with Crippen LogP contribution >= 0.6 is 0 Å². The fourth-order valence-corrected chi connectivity index (χ4v) is 1.11. The lowest BCUT2D eigenvalue weighted by Gasteiger charge is -2.10. The second-order valence-corrected chi connectivity index (χ2v) is 2.52. The maximum Gasteiger partial charge on any atom is 0.00923 e. The molecule has 47 valence electrons. The van der Waals surface area contributed by atoms with E-state index in [-0.39, 0.29) is 0 Å². The van der Waals surface area contributed by atoms with E-state index in [1.54, 1.807) is 0 Å². The molecule has 0 bridgehead atoms. The summed E-state index contributed by atoms with van der Waals surface area (Å²) in [6.45, 7) is 3.86. The molecule has 1 nitrogen and oxygen atoms in total. The van der Waals surface area contributed by atoms with Gasteiger partial charge in [0, 0.05) is 6.04 Å². The Balaban J connectivity index is 2.15. The van der Waals surface area contributed by atoms with Crippen LogP contribution in [0.15, 0.2) is 0 Å². The topological polar surface area (TPSA) is 12.0 Å². The summed E-state index contributed by atoms with van der Waals surface area (Å²) in [5.74, 6) is 0.956. The highest BCUT2D eigenvalue weighted by Crippen LogP contribution is 2.33. The first-order valence-electron chi connectivity index (χ1n) is 3.35. The zero-order valence-corrected chi connectivity index (χ0v) is 5.48. The summed E-state index contributed by atoms with van der Waals surface area (Å²) in [5.41, 5.74) is 0. The fraction of sp³-hybridized carbons (Fsp3) is 0.857. The van der Waals surface area contributed by atoms with Crippen LogP contribution in [0.25, 0.3) is 0 Å². The van der Waals surface area contributed by atoms with Crippen LogP contribution in [0.4, 0.5) is 0 Å². The summed E-state index contributed by atoms with van der Waals surface area (Å²) in [5, 5.41) is 3.25. The fourth-order valence-electron chi connectivity index (χ4n) is 1.11. The third kappa shape index (κ3) is 1.22. The molecule has 1 heteroatoms. The zero-order valence-electron chi connectivity index (χ0n) is 5.48. The predicted molar refractivity (Wildman–Crippen MR) is 35.5 cm³/mol. The highest BCUT2D eigenvalue weighted by Gasteiger charge is 2.28. The van der Waals surface area contributed by atoms with Gasteiger partial charge in [0.1, 0.15) is 0 Å². The van der Waals surface area contributed by atoms with Gasteiger partial charge in [-0.25, -0.2) is 0 Å². The maximum atomic E-state index is 3.86. The SMILES string of the molecule is [CH2]CC(NC)C1CC1. The summed E-state index contributed by atoms with van der Waals surface area (Å²) in [6, 6.07) is 0.704. The molecule has 1 unspecified atom stereocenters. The quantitative estimate of drug-likeness (QED) is 0.578. The molecule has 1 atom stereocenters. The van der Waals surface area contributed by atoms with Gasteiger partial charge in [0.15, 0.2) is 0 Å². The lowest BCUT2D eigenvalue weighted by atomic mass is 10.1. The van der Waals surface area contributed by atoms with Crippen molar-refractivity contribution in [3.63, 3.8) is 0 Å². The van der Waals surface area contributed by atoms with Crippen molar-refractivity contribution in [3.05, 3.63) is 6.92 Å². The van der Waals surface area contributed by atoms with Crippen molar-refractivity contribution in [2.75, 3.05) is 7.05 Å². The minimum absolute atomic E-state index is 0.704. The third-order valence-corrected chi connectivity index (χ3v) is 1.87. The smallest absolute Gasteiger partial charge is 0.00923 e. The van der Waals surface area contributed by atoms with Crippen molar-refractivity contribution >= 4 is 0 Å². The lowest BCUT2D eigenvalue weighted by molar-refractivity contribution is 0.507. The molecule has 0 aromatic rings. The van der Waals surface area contributed by atoms with Crippen molar-refractivity contribution in [1.82, 2.24) is 5.32 Å². The summed E-state index contributed by atoms with van der Waals surface area (Å²) >= 11 is 0. The zero-order chi connectivity index (χ0) is 5.98. The molecule has 1 fully saturated rings. The Labute approximate surface area is 51.5 Å². The van der Waals surface area contributed by atoms with Crippen LogP contribution in [0.1, 0.15) is 19.3 Å². The standard InChI is InChI=1S/C7H14N/c1-3-7(8-2)6-4-5-6/h6-8H,1,3-5H2,2H3. The Kier molecular flexibility index (Phi) is 1.90. The minimum Gasteiger partial charge on any atom is -0.317 e. The molecule has 1 radical (unpaired) electrons. The molecular weight excluding hydrogens is 98.1 g/mol. The first-order chi connectivity index (χ1) is 3.88. The van der Waals surface area contributed by atoms with Gasteiger partial charge in [0.25, 0.3) is 0 Å². The number of hydrogen-bond donors (Lipinski definition) is 1. The first-order valence-corrected chi connectivity index (χ1v) is 3.35. The molecule has 0 amide bonds. The molecule has 0 aromatic heterocycles. The van der Waals surface area contributed by atoms with Gasteiger partial charge in [0.2, 0.25) is 0 Å². The largest absolute Gasteiger partial charge is 0.317 e. The van der Waals surface area contributed by atoms with E-state index in [0.29, 0.717) is 6.04 Å². The van der Waals surface area contributed by atoms with Crippen LogP contribution in [0.3, 0.4) is 0 Å². The molecule has 0 aliphatic heterocycles. The van der Waals surface area contributed by atoms with Crippen molar-refractivity contribution in [2.45, 2.75) is 25.3 Å². The summed E-state index contributed by atoms with van der Waals surface area (Å²) in [4.78, 5) is 0. The minimum atomic E-state index is 0.704. The van der Waals surface area contributed by atoms with Crippen molar-refractivity contribution in [1.29, 1.82) is 0 Å². The van der Waals surface area contributed by atoms with E-state index in [1.165, 1.54) is 12.8 Å². The first kappa shape index (κ1) is 6.09. The number of nitrogens with one attached hydrogen (secondary N) is 1. The molecule has 1 rings (SSSR count). The second kappa shape index (κ2) is 2.49. The van der Waals surface area contributed by atoms with Crippen LogP contribution in [0.2, 0.25) is 0 Å². The molecule has 0 aromatic carbocycles. The lowest BCUT2D eigenvalue weighted by Crippen LogP contribution is -2.25. The van der Waals surface area contributed by atoms with Gasteiger partial charge in [-0.05, 0) is 32.2 Å². The van der Waals surface area contributed by atoms with Gasteiger partial charge in [0.05, 0.1) is 0 Å². The van der Waals surface area contributed by atoms with Crippen molar-refractivity contribution in [3.8, 4) is 0 Å². The molecule has 0 spiro atoms. The third-order valence-electron chi connectivity index (χ3n) is 1.87. The Morgan fingerprint density at radius 1 is 1.75 bits per heavy atom. The average Bonchev–Trinajstić information content (AvgIpc) is 2.53. The molecular formula is C7H14N. The van der Waals surface area contributed by atoms with Crippen molar-refractivity contribution < 1.29 is 0 Å². The van der Waals surface area contributed by atoms with E-state index in [4.69, 9.17) is 0 Å². The molecule has 0 saturated heterocycles. The van der Waals surface area contributed by atoms with Gasteiger partial charge in [-0.2, -0.15) is 0 Å². The molecule has 1 aliphatic rings. The Bertz CT molecular complexity index is 62.8. The van der Waals surface area contributed by atoms with Crippen LogP contribution < -0.4 is 5.32 Å². The summed E-state index contributed by atoms with van der Waals surface area (Å²) in [6.07, 6.45) is 3.88. The molecule has 1 N–H and O–H groups in total. The Morgan fingerprint density at radius 3 is 2.50 bits per heavy atom. The maximum absolute atomic E-state index is 3.86. The van der Waals surface area contributed by atoms with E-state index in [2.05, 4.69) is 12.2 Å². The molecule has 1 saturated carbocycles. The van der Waals surface area contributed by atoms with Gasteiger partial charge in [-0.1, -0.05) is 6.92 Å². The van der Waals surface area contributed by atoms with Crippen LogP contribution in [-0.2, 0) is 0 Å². The van der Waals surface area contributed by atoms with Gasteiger partial charge < -0.3 is 5.32 Å². The van der Waals surface area contributed by atoms with Gasteiger partial charge >= 0.3 is 0 Å². The van der Waals surface area contributed by atoms with E-state index >= 15 is 0 Å². The normalized spacial score (nSPS) is 23.2. The molecule has 1 aliphatic carbocycles. The van der Waals surface area contributed by atoms with E-state index in [1.807, 2.05) is 7.05 Å². The van der Waals surface area contributed by atoms with E-state index < -0.39 is 0 Å². The number of hydrogen-bond acceptors (Lipinski definition) is 1. The average molecular weight is 112 g/mol. The highest BCUT2D eigenvalue weighted by atomic mass is 14.9. The highest BCUT2D eigenvalue weighted by molar-refractivity contribution is 4.85. The Hall–Kier alpha value is -0.0400. The van der Waals surface area contributed by atoms with Gasteiger partial charge in [-0.3, -0.25) is 0 Å². The number of rotatable bonds is 3. The molecule has 0 heterocycles. The van der Waals surface area contributed by atoms with Crippen LogP contribution in [0.5, 0.6) is 0 Å². The van der Waals surface area contributed by atoms with E-state index in [0.717, 1.165) is 12.3 Å². The summed E-state index contributed by atoms with van der Waals surface area (Å²) in [7, 11) is 2.02. The van der Waals surface area contributed by atoms with Crippen LogP contribution in [0, 0.1) is 12.8 Å². The predicted octanol–water partition coefficient (Wildman–Crippen LogP) is 1.21. The Morgan fingerprint density at radius 2 is 2.38 bits per heavy atom.